The number of rotatable bonds is 4. The Kier molecular flexibility index (Phi) is 4.88. The summed E-state index contributed by atoms with van der Waals surface area (Å²) in [5.74, 6) is 5.41. The third-order valence-electron chi connectivity index (χ3n) is 3.84. The molecule has 1 fully saturated rings. The number of sulfonamides is 1. The van der Waals surface area contributed by atoms with E-state index in [9.17, 15) is 8.42 Å². The number of hydrazine groups is 1. The Hall–Kier alpha value is -1.15. The fourth-order valence-corrected chi connectivity index (χ4v) is 4.92. The number of nitrogens with two attached hydrogens (primary N) is 1. The fourth-order valence-electron chi connectivity index (χ4n) is 2.84. The summed E-state index contributed by atoms with van der Waals surface area (Å²) in [7, 11) is -3.52. The molecule has 1 aliphatic rings. The molecule has 1 saturated heterocycles. The number of nitrogens with one attached hydrogen (secondary N) is 1. The molecule has 7 heteroatoms. The lowest BCUT2D eigenvalue weighted by atomic mass is 10.1. The number of anilines is 1. The van der Waals surface area contributed by atoms with Crippen LogP contribution in [0.25, 0.3) is 0 Å². The lowest BCUT2D eigenvalue weighted by Gasteiger charge is -2.34. The van der Waals surface area contributed by atoms with Crippen molar-refractivity contribution < 1.29 is 13.2 Å². The molecular weight excluding hydrogens is 290 g/mol. The molecule has 1 heterocycles. The van der Waals surface area contributed by atoms with Gasteiger partial charge in [0, 0.05) is 18.3 Å². The van der Waals surface area contributed by atoms with Gasteiger partial charge in [-0.2, -0.15) is 4.31 Å². The van der Waals surface area contributed by atoms with E-state index in [1.807, 2.05) is 6.92 Å². The Morgan fingerprint density at radius 1 is 1.38 bits per heavy atom. The summed E-state index contributed by atoms with van der Waals surface area (Å²) in [4.78, 5) is 0.377. The van der Waals surface area contributed by atoms with Gasteiger partial charge >= 0.3 is 0 Å². The van der Waals surface area contributed by atoms with Gasteiger partial charge in [0.1, 0.15) is 0 Å². The van der Waals surface area contributed by atoms with Gasteiger partial charge in [0.15, 0.2) is 0 Å². The largest absolute Gasteiger partial charge is 0.378 e. The zero-order valence-corrected chi connectivity index (χ0v) is 13.5. The summed E-state index contributed by atoms with van der Waals surface area (Å²) in [6.07, 6.45) is 0.736. The van der Waals surface area contributed by atoms with Crippen molar-refractivity contribution in [2.45, 2.75) is 38.1 Å². The first kappa shape index (κ1) is 16.2. The van der Waals surface area contributed by atoms with Crippen molar-refractivity contribution >= 4 is 15.7 Å². The molecule has 21 heavy (non-hydrogen) atoms. The van der Waals surface area contributed by atoms with E-state index in [-0.39, 0.29) is 6.04 Å². The summed E-state index contributed by atoms with van der Waals surface area (Å²) >= 11 is 0. The number of aryl methyl sites for hydroxylation is 2. The van der Waals surface area contributed by atoms with Crippen molar-refractivity contribution in [3.63, 3.8) is 0 Å². The van der Waals surface area contributed by atoms with E-state index in [0.717, 1.165) is 6.42 Å². The molecule has 0 aromatic heterocycles. The van der Waals surface area contributed by atoms with Crippen LogP contribution in [0.4, 0.5) is 5.69 Å². The maximum absolute atomic E-state index is 13.0. The second-order valence-corrected chi connectivity index (χ2v) is 7.16. The van der Waals surface area contributed by atoms with E-state index in [2.05, 4.69) is 5.43 Å². The average Bonchev–Trinajstić information content (AvgIpc) is 2.46. The molecule has 1 aromatic rings. The molecular formula is C14H23N3O3S. The minimum Gasteiger partial charge on any atom is -0.378 e. The third-order valence-corrected chi connectivity index (χ3v) is 6.10. The quantitative estimate of drug-likeness (QED) is 0.648. The second kappa shape index (κ2) is 6.31. The van der Waals surface area contributed by atoms with E-state index in [0.29, 0.717) is 41.5 Å². The SMILES string of the molecule is CCC1COCCN1S(=O)(=O)c1c(C)cc(NN)cc1C. The Balaban J connectivity index is 2.48. The van der Waals surface area contributed by atoms with Crippen LogP contribution >= 0.6 is 0 Å². The van der Waals surface area contributed by atoms with Crippen LogP contribution < -0.4 is 11.3 Å². The van der Waals surface area contributed by atoms with Gasteiger partial charge in [0.05, 0.1) is 18.1 Å². The van der Waals surface area contributed by atoms with Crippen LogP contribution in [0.15, 0.2) is 17.0 Å². The zero-order valence-electron chi connectivity index (χ0n) is 12.7. The molecule has 0 saturated carbocycles. The van der Waals surface area contributed by atoms with Gasteiger partial charge in [-0.05, 0) is 43.5 Å². The second-order valence-electron chi connectivity index (χ2n) is 5.34. The number of nitrogens with zero attached hydrogens (tertiary/aromatic N) is 1. The lowest BCUT2D eigenvalue weighted by Crippen LogP contribution is -2.48. The smallest absolute Gasteiger partial charge is 0.244 e. The van der Waals surface area contributed by atoms with E-state index >= 15 is 0 Å². The molecule has 0 amide bonds. The number of nitrogen functional groups attached to an aromatic ring is 1. The molecule has 1 unspecified atom stereocenters. The van der Waals surface area contributed by atoms with Crippen molar-refractivity contribution in [1.29, 1.82) is 0 Å². The Labute approximate surface area is 126 Å². The minimum absolute atomic E-state index is 0.102. The van der Waals surface area contributed by atoms with Crippen LogP contribution in [-0.2, 0) is 14.8 Å². The topological polar surface area (TPSA) is 84.7 Å². The number of benzene rings is 1. The third kappa shape index (κ3) is 3.06. The molecule has 6 nitrogen and oxygen atoms in total. The van der Waals surface area contributed by atoms with E-state index in [4.69, 9.17) is 10.6 Å². The van der Waals surface area contributed by atoms with Gasteiger partial charge < -0.3 is 10.2 Å². The molecule has 1 aromatic carbocycles. The van der Waals surface area contributed by atoms with Crippen LogP contribution in [0.5, 0.6) is 0 Å². The van der Waals surface area contributed by atoms with Gasteiger partial charge in [-0.15, -0.1) is 0 Å². The first-order valence-corrected chi connectivity index (χ1v) is 8.53. The first-order valence-electron chi connectivity index (χ1n) is 7.09. The van der Waals surface area contributed by atoms with Crippen molar-refractivity contribution in [1.82, 2.24) is 4.31 Å². The summed E-state index contributed by atoms with van der Waals surface area (Å²) in [6.45, 7) is 6.86. The molecule has 3 N–H and O–H groups in total. The maximum atomic E-state index is 13.0. The van der Waals surface area contributed by atoms with Gasteiger partial charge in [0.2, 0.25) is 10.0 Å². The molecule has 1 aliphatic heterocycles. The molecule has 118 valence electrons. The molecule has 0 bridgehead atoms. The van der Waals surface area contributed by atoms with E-state index in [1.165, 1.54) is 0 Å². The molecule has 1 atom stereocenters. The monoisotopic (exact) mass is 313 g/mol. The molecule has 2 rings (SSSR count). The summed E-state index contributed by atoms with van der Waals surface area (Å²) < 4.78 is 33.0. The normalized spacial score (nSPS) is 20.5. The fraction of sp³-hybridized carbons (Fsp3) is 0.571. The Bertz CT molecular complexity index is 593. The highest BCUT2D eigenvalue weighted by Crippen LogP contribution is 2.29. The summed E-state index contributed by atoms with van der Waals surface area (Å²) in [6, 6.07) is 3.40. The molecule has 0 spiro atoms. The molecule has 0 aliphatic carbocycles. The number of morpholine rings is 1. The van der Waals surface area contributed by atoms with Crippen molar-refractivity contribution in [2.75, 3.05) is 25.2 Å². The van der Waals surface area contributed by atoms with Crippen LogP contribution in [0.1, 0.15) is 24.5 Å². The van der Waals surface area contributed by atoms with Crippen molar-refractivity contribution in [3.8, 4) is 0 Å². The van der Waals surface area contributed by atoms with Crippen LogP contribution in [0, 0.1) is 13.8 Å². The number of hydrogen-bond acceptors (Lipinski definition) is 5. The van der Waals surface area contributed by atoms with Gasteiger partial charge in [-0.3, -0.25) is 5.84 Å². The number of hydrogen-bond donors (Lipinski definition) is 2. The lowest BCUT2D eigenvalue weighted by molar-refractivity contribution is 0.0314. The Morgan fingerprint density at radius 2 is 2.00 bits per heavy atom. The number of ether oxygens (including phenoxy) is 1. The van der Waals surface area contributed by atoms with Gasteiger partial charge in [-0.25, -0.2) is 8.42 Å². The van der Waals surface area contributed by atoms with Crippen LogP contribution in [0.3, 0.4) is 0 Å². The predicted octanol–water partition coefficient (Wildman–Crippen LogP) is 1.39. The highest BCUT2D eigenvalue weighted by molar-refractivity contribution is 7.89. The summed E-state index contributed by atoms with van der Waals surface area (Å²) in [5, 5.41) is 0. The Morgan fingerprint density at radius 3 is 2.52 bits per heavy atom. The van der Waals surface area contributed by atoms with Crippen molar-refractivity contribution in [2.24, 2.45) is 5.84 Å². The zero-order chi connectivity index (χ0) is 15.6. The van der Waals surface area contributed by atoms with Gasteiger partial charge in [0.25, 0.3) is 0 Å². The predicted molar refractivity (Wildman–Crippen MR) is 82.5 cm³/mol. The van der Waals surface area contributed by atoms with Crippen LogP contribution in [0.2, 0.25) is 0 Å². The summed E-state index contributed by atoms with van der Waals surface area (Å²) in [5.41, 5.74) is 4.66. The minimum atomic E-state index is -3.52. The highest BCUT2D eigenvalue weighted by Gasteiger charge is 2.34. The van der Waals surface area contributed by atoms with E-state index < -0.39 is 10.0 Å². The first-order chi connectivity index (χ1) is 9.91. The molecule has 0 radical (unpaired) electrons. The van der Waals surface area contributed by atoms with Crippen molar-refractivity contribution in [3.05, 3.63) is 23.3 Å². The standard InChI is InChI=1S/C14H23N3O3S/c1-4-13-9-20-6-5-17(13)21(18,19)14-10(2)7-12(16-15)8-11(14)3/h7-8,13,16H,4-6,9,15H2,1-3H3. The van der Waals surface area contributed by atoms with Crippen LogP contribution in [-0.4, -0.2) is 38.5 Å². The maximum Gasteiger partial charge on any atom is 0.244 e. The average molecular weight is 313 g/mol. The highest BCUT2D eigenvalue weighted by atomic mass is 32.2. The van der Waals surface area contributed by atoms with Gasteiger partial charge in [-0.1, -0.05) is 6.92 Å². The van der Waals surface area contributed by atoms with E-state index in [1.54, 1.807) is 30.3 Å².